The van der Waals surface area contributed by atoms with Gasteiger partial charge in [0, 0.05) is 24.0 Å². The van der Waals surface area contributed by atoms with Crippen LogP contribution in [0.2, 0.25) is 0 Å². The molecule has 0 aliphatic carbocycles. The van der Waals surface area contributed by atoms with E-state index in [1.54, 1.807) is 18.3 Å². The zero-order chi connectivity index (χ0) is 15.2. The maximum Gasteiger partial charge on any atom is 0.257 e. The molecule has 2 heterocycles. The highest BCUT2D eigenvalue weighted by Crippen LogP contribution is 2.14. The van der Waals surface area contributed by atoms with Gasteiger partial charge in [-0.1, -0.05) is 13.0 Å². The summed E-state index contributed by atoms with van der Waals surface area (Å²) in [5.41, 5.74) is 2.31. The van der Waals surface area contributed by atoms with E-state index in [1.807, 2.05) is 26.0 Å². The summed E-state index contributed by atoms with van der Waals surface area (Å²) < 4.78 is 0. The number of hydrogen-bond donors (Lipinski definition) is 2. The number of aryl methyl sites for hydroxylation is 2. The maximum atomic E-state index is 12.3. The van der Waals surface area contributed by atoms with Crippen LogP contribution in [-0.4, -0.2) is 22.4 Å². The number of carbonyl (C=O) groups excluding carboxylic acids is 1. The molecule has 0 aliphatic rings. The number of carbonyl (C=O) groups is 1. The molecule has 0 radical (unpaired) electrons. The van der Waals surface area contributed by atoms with E-state index in [0.717, 1.165) is 30.0 Å². The molecule has 0 spiro atoms. The summed E-state index contributed by atoms with van der Waals surface area (Å²) in [5.74, 6) is 1.13. The number of anilines is 2. The first kappa shape index (κ1) is 15.0. The molecule has 0 fully saturated rings. The normalized spacial score (nSPS) is 10.2. The number of nitrogens with one attached hydrogen (secondary N) is 2. The molecule has 1 amide bonds. The Morgan fingerprint density at radius 3 is 2.81 bits per heavy atom. The van der Waals surface area contributed by atoms with Gasteiger partial charge in [0.25, 0.3) is 5.91 Å². The molecule has 0 aliphatic heterocycles. The minimum atomic E-state index is -0.179. The van der Waals surface area contributed by atoms with Crippen LogP contribution in [0.15, 0.2) is 30.5 Å². The van der Waals surface area contributed by atoms with Crippen LogP contribution < -0.4 is 10.6 Å². The van der Waals surface area contributed by atoms with Crippen molar-refractivity contribution in [2.24, 2.45) is 0 Å². The van der Waals surface area contributed by atoms with Gasteiger partial charge in [0.05, 0.1) is 0 Å². The van der Waals surface area contributed by atoms with Crippen molar-refractivity contribution in [3.05, 3.63) is 47.3 Å². The SMILES string of the molecule is CCCNc1cc(C(=O)Nc2ncccc2C)cc(C)n1. The average Bonchev–Trinajstić information content (AvgIpc) is 2.47. The van der Waals surface area contributed by atoms with Gasteiger partial charge < -0.3 is 10.6 Å². The molecule has 2 aromatic rings. The number of rotatable bonds is 5. The summed E-state index contributed by atoms with van der Waals surface area (Å²) in [6.45, 7) is 6.70. The highest BCUT2D eigenvalue weighted by Gasteiger charge is 2.10. The van der Waals surface area contributed by atoms with Crippen molar-refractivity contribution in [2.45, 2.75) is 27.2 Å². The van der Waals surface area contributed by atoms with E-state index in [4.69, 9.17) is 0 Å². The van der Waals surface area contributed by atoms with Crippen LogP contribution in [0.4, 0.5) is 11.6 Å². The average molecular weight is 284 g/mol. The van der Waals surface area contributed by atoms with E-state index >= 15 is 0 Å². The van der Waals surface area contributed by atoms with E-state index in [9.17, 15) is 4.79 Å². The van der Waals surface area contributed by atoms with Gasteiger partial charge in [-0.05, 0) is 44.0 Å². The molecule has 0 saturated heterocycles. The third-order valence-corrected chi connectivity index (χ3v) is 3.01. The third-order valence-electron chi connectivity index (χ3n) is 3.01. The smallest absolute Gasteiger partial charge is 0.257 e. The Hall–Kier alpha value is -2.43. The summed E-state index contributed by atoms with van der Waals surface area (Å²) in [7, 11) is 0. The first-order valence-corrected chi connectivity index (χ1v) is 7.05. The quantitative estimate of drug-likeness (QED) is 0.885. The molecule has 2 rings (SSSR count). The minimum Gasteiger partial charge on any atom is -0.370 e. The number of pyridine rings is 2. The Balaban J connectivity index is 2.19. The lowest BCUT2D eigenvalue weighted by Gasteiger charge is -2.10. The molecule has 5 nitrogen and oxygen atoms in total. The van der Waals surface area contributed by atoms with Crippen molar-refractivity contribution in [3.63, 3.8) is 0 Å². The van der Waals surface area contributed by atoms with Gasteiger partial charge in [-0.2, -0.15) is 0 Å². The van der Waals surface area contributed by atoms with Crippen molar-refractivity contribution in [2.75, 3.05) is 17.2 Å². The zero-order valence-corrected chi connectivity index (χ0v) is 12.6. The van der Waals surface area contributed by atoms with Gasteiger partial charge in [0.1, 0.15) is 11.6 Å². The molecule has 0 atom stereocenters. The summed E-state index contributed by atoms with van der Waals surface area (Å²) in [6.07, 6.45) is 2.67. The first-order chi connectivity index (χ1) is 10.1. The van der Waals surface area contributed by atoms with Crippen molar-refractivity contribution in [3.8, 4) is 0 Å². The number of amides is 1. The van der Waals surface area contributed by atoms with Gasteiger partial charge in [-0.3, -0.25) is 4.79 Å². The molecular formula is C16H20N4O. The fourth-order valence-electron chi connectivity index (χ4n) is 1.94. The Morgan fingerprint density at radius 1 is 1.29 bits per heavy atom. The molecule has 21 heavy (non-hydrogen) atoms. The van der Waals surface area contributed by atoms with Crippen molar-refractivity contribution in [1.29, 1.82) is 0 Å². The molecular weight excluding hydrogens is 264 g/mol. The van der Waals surface area contributed by atoms with Gasteiger partial charge in [-0.15, -0.1) is 0 Å². The Morgan fingerprint density at radius 2 is 2.10 bits per heavy atom. The summed E-state index contributed by atoms with van der Waals surface area (Å²) in [6, 6.07) is 7.28. The second-order valence-electron chi connectivity index (χ2n) is 4.93. The highest BCUT2D eigenvalue weighted by molar-refractivity contribution is 6.04. The van der Waals surface area contributed by atoms with Crippen LogP contribution in [0.25, 0.3) is 0 Å². The van der Waals surface area contributed by atoms with Crippen LogP contribution in [0.3, 0.4) is 0 Å². The zero-order valence-electron chi connectivity index (χ0n) is 12.6. The van der Waals surface area contributed by atoms with Crippen LogP contribution in [0.5, 0.6) is 0 Å². The lowest BCUT2D eigenvalue weighted by atomic mass is 10.2. The lowest BCUT2D eigenvalue weighted by molar-refractivity contribution is 0.102. The molecule has 5 heteroatoms. The summed E-state index contributed by atoms with van der Waals surface area (Å²) in [4.78, 5) is 20.9. The highest BCUT2D eigenvalue weighted by atomic mass is 16.1. The van der Waals surface area contributed by atoms with Gasteiger partial charge in [-0.25, -0.2) is 9.97 Å². The van der Waals surface area contributed by atoms with Crippen molar-refractivity contribution < 1.29 is 4.79 Å². The number of hydrogen-bond acceptors (Lipinski definition) is 4. The lowest BCUT2D eigenvalue weighted by Crippen LogP contribution is -2.15. The predicted octanol–water partition coefficient (Wildman–Crippen LogP) is 3.17. The van der Waals surface area contributed by atoms with Gasteiger partial charge in [0.15, 0.2) is 0 Å². The molecule has 0 unspecified atom stereocenters. The molecule has 0 aromatic carbocycles. The van der Waals surface area contributed by atoms with E-state index in [-0.39, 0.29) is 5.91 Å². The monoisotopic (exact) mass is 284 g/mol. The number of nitrogens with zero attached hydrogens (tertiary/aromatic N) is 2. The Kier molecular flexibility index (Phi) is 4.87. The van der Waals surface area contributed by atoms with Gasteiger partial charge in [0.2, 0.25) is 0 Å². The maximum absolute atomic E-state index is 12.3. The van der Waals surface area contributed by atoms with Crippen LogP contribution >= 0.6 is 0 Å². The molecule has 110 valence electrons. The summed E-state index contributed by atoms with van der Waals surface area (Å²) >= 11 is 0. The Labute approximate surface area is 124 Å². The second-order valence-corrected chi connectivity index (χ2v) is 4.93. The number of aromatic nitrogens is 2. The van der Waals surface area contributed by atoms with Crippen LogP contribution in [-0.2, 0) is 0 Å². The van der Waals surface area contributed by atoms with Gasteiger partial charge >= 0.3 is 0 Å². The van der Waals surface area contributed by atoms with E-state index < -0.39 is 0 Å². The second kappa shape index (κ2) is 6.83. The van der Waals surface area contributed by atoms with Crippen molar-refractivity contribution in [1.82, 2.24) is 9.97 Å². The third kappa shape index (κ3) is 4.02. The van der Waals surface area contributed by atoms with E-state index in [2.05, 4.69) is 27.5 Å². The standard InChI is InChI=1S/C16H20N4O/c1-4-7-17-14-10-13(9-12(3)19-14)16(21)20-15-11(2)6-5-8-18-15/h5-6,8-10H,4,7H2,1-3H3,(H,17,19)(H,18,20,21). The molecule has 0 saturated carbocycles. The van der Waals surface area contributed by atoms with Crippen LogP contribution in [0, 0.1) is 13.8 Å². The van der Waals surface area contributed by atoms with Crippen LogP contribution in [0.1, 0.15) is 35.0 Å². The molecule has 2 aromatic heterocycles. The fourth-order valence-corrected chi connectivity index (χ4v) is 1.94. The molecule has 0 bridgehead atoms. The fraction of sp³-hybridized carbons (Fsp3) is 0.312. The largest absolute Gasteiger partial charge is 0.370 e. The topological polar surface area (TPSA) is 66.9 Å². The van der Waals surface area contributed by atoms with Crippen molar-refractivity contribution >= 4 is 17.5 Å². The summed E-state index contributed by atoms with van der Waals surface area (Å²) in [5, 5.41) is 6.03. The predicted molar refractivity (Wildman–Crippen MR) is 84.7 cm³/mol. The Bertz CT molecular complexity index is 640. The molecule has 2 N–H and O–H groups in total. The van der Waals surface area contributed by atoms with E-state index in [1.165, 1.54) is 0 Å². The van der Waals surface area contributed by atoms with E-state index in [0.29, 0.717) is 11.4 Å². The minimum absolute atomic E-state index is 0.179. The first-order valence-electron chi connectivity index (χ1n) is 7.05.